The minimum Gasteiger partial charge on any atom is -0.295 e. The van der Waals surface area contributed by atoms with E-state index in [1.807, 2.05) is 0 Å². The lowest BCUT2D eigenvalue weighted by Gasteiger charge is -2.10. The van der Waals surface area contributed by atoms with E-state index in [0.717, 1.165) is 37.1 Å². The van der Waals surface area contributed by atoms with E-state index in [1.165, 1.54) is 16.0 Å². The second kappa shape index (κ2) is 8.85. The molecule has 27 heavy (non-hydrogen) atoms. The number of fused-ring (bicyclic) bond motifs is 1. The van der Waals surface area contributed by atoms with Crippen molar-refractivity contribution in [1.29, 1.82) is 0 Å². The average molecular weight is 385 g/mol. The van der Waals surface area contributed by atoms with Gasteiger partial charge in [0.25, 0.3) is 11.5 Å². The van der Waals surface area contributed by atoms with Crippen molar-refractivity contribution in [1.82, 2.24) is 20.0 Å². The van der Waals surface area contributed by atoms with E-state index in [9.17, 15) is 9.59 Å². The summed E-state index contributed by atoms with van der Waals surface area (Å²) in [7, 11) is 0. The highest BCUT2D eigenvalue weighted by Gasteiger charge is 2.18. The number of rotatable bonds is 8. The molecule has 0 radical (unpaired) electrons. The Morgan fingerprint density at radius 3 is 2.63 bits per heavy atom. The maximum absolute atomic E-state index is 12.8. The summed E-state index contributed by atoms with van der Waals surface area (Å²) in [5.74, 6) is -0.380. The number of amides is 1. The molecule has 0 aliphatic rings. The van der Waals surface area contributed by atoms with Crippen LogP contribution in [0.3, 0.4) is 0 Å². The number of nitrogens with zero attached hydrogens (tertiary/aromatic N) is 4. The molecular weight excluding hydrogens is 362 g/mol. The van der Waals surface area contributed by atoms with Gasteiger partial charge < -0.3 is 0 Å². The zero-order valence-electron chi connectivity index (χ0n) is 15.6. The first kappa shape index (κ1) is 19.2. The third-order valence-corrected chi connectivity index (χ3v) is 5.11. The van der Waals surface area contributed by atoms with Gasteiger partial charge in [0, 0.05) is 18.4 Å². The van der Waals surface area contributed by atoms with E-state index in [1.54, 1.807) is 24.3 Å². The summed E-state index contributed by atoms with van der Waals surface area (Å²) >= 11 is 1.36. The van der Waals surface area contributed by atoms with Crippen molar-refractivity contribution >= 4 is 33.1 Å². The Bertz CT molecular complexity index is 995. The molecule has 0 fully saturated rings. The molecule has 1 amide bonds. The van der Waals surface area contributed by atoms with Crippen LogP contribution in [0.4, 0.5) is 5.13 Å². The maximum atomic E-state index is 12.8. The Morgan fingerprint density at radius 1 is 1.11 bits per heavy atom. The maximum Gasteiger partial charge on any atom is 0.278 e. The second-order valence-electron chi connectivity index (χ2n) is 6.33. The van der Waals surface area contributed by atoms with E-state index < -0.39 is 0 Å². The fraction of sp³-hybridized carbons (Fsp3) is 0.421. The Kier molecular flexibility index (Phi) is 6.28. The van der Waals surface area contributed by atoms with Crippen molar-refractivity contribution < 1.29 is 4.79 Å². The first-order valence-electron chi connectivity index (χ1n) is 9.27. The summed E-state index contributed by atoms with van der Waals surface area (Å²) in [6.07, 6.45) is 4.70. The number of benzene rings is 1. The van der Waals surface area contributed by atoms with E-state index in [-0.39, 0.29) is 17.2 Å². The van der Waals surface area contributed by atoms with Crippen molar-refractivity contribution in [3.05, 3.63) is 45.3 Å². The third-order valence-electron chi connectivity index (χ3n) is 4.21. The van der Waals surface area contributed by atoms with Gasteiger partial charge in [0.2, 0.25) is 5.13 Å². The van der Waals surface area contributed by atoms with E-state index >= 15 is 0 Å². The Labute approximate surface area is 161 Å². The molecule has 3 rings (SSSR count). The Balaban J connectivity index is 1.94. The molecule has 3 aromatic rings. The molecule has 0 bridgehead atoms. The number of unbranched alkanes of at least 4 members (excludes halogenated alkanes) is 2. The molecule has 8 heteroatoms. The number of anilines is 1. The summed E-state index contributed by atoms with van der Waals surface area (Å²) in [4.78, 5) is 25.5. The highest BCUT2D eigenvalue weighted by molar-refractivity contribution is 7.15. The predicted molar refractivity (Wildman–Crippen MR) is 107 cm³/mol. The summed E-state index contributed by atoms with van der Waals surface area (Å²) in [5.41, 5.74) is 0.0633. The first-order chi connectivity index (χ1) is 13.1. The fourth-order valence-electron chi connectivity index (χ4n) is 2.84. The van der Waals surface area contributed by atoms with Crippen LogP contribution < -0.4 is 10.9 Å². The Morgan fingerprint density at radius 2 is 1.89 bits per heavy atom. The van der Waals surface area contributed by atoms with Crippen LogP contribution in [0.1, 0.15) is 55.0 Å². The largest absolute Gasteiger partial charge is 0.295 e. The molecule has 0 atom stereocenters. The van der Waals surface area contributed by atoms with Crippen LogP contribution in [0.15, 0.2) is 29.1 Å². The molecule has 0 unspecified atom stereocenters. The van der Waals surface area contributed by atoms with Gasteiger partial charge in [-0.15, -0.1) is 10.2 Å². The van der Waals surface area contributed by atoms with E-state index in [4.69, 9.17) is 0 Å². The number of aromatic nitrogens is 4. The smallest absolute Gasteiger partial charge is 0.278 e. The quantitative estimate of drug-likeness (QED) is 0.598. The van der Waals surface area contributed by atoms with Gasteiger partial charge in [0.05, 0.1) is 5.39 Å². The topological polar surface area (TPSA) is 89.8 Å². The van der Waals surface area contributed by atoms with Gasteiger partial charge in [-0.25, -0.2) is 4.68 Å². The van der Waals surface area contributed by atoms with Gasteiger partial charge in [0.15, 0.2) is 5.69 Å². The molecule has 0 spiro atoms. The molecule has 7 nitrogen and oxygen atoms in total. The molecule has 0 aliphatic heterocycles. The summed E-state index contributed by atoms with van der Waals surface area (Å²) in [5, 5.41) is 17.6. The molecular formula is C19H23N5O2S. The van der Waals surface area contributed by atoms with Gasteiger partial charge >= 0.3 is 0 Å². The molecule has 0 aliphatic carbocycles. The Hall–Kier alpha value is -2.61. The van der Waals surface area contributed by atoms with Crippen LogP contribution in [0.2, 0.25) is 0 Å². The SMILES string of the molecule is CCCCCn1nc(C(=O)Nc2nnc(CCC)s2)c2ccccc2c1=O. The van der Waals surface area contributed by atoms with Crippen LogP contribution in [-0.4, -0.2) is 25.9 Å². The molecule has 2 aromatic heterocycles. The zero-order valence-corrected chi connectivity index (χ0v) is 16.4. The lowest BCUT2D eigenvalue weighted by Crippen LogP contribution is -2.27. The van der Waals surface area contributed by atoms with Gasteiger partial charge in [-0.2, -0.15) is 5.10 Å². The minimum absolute atomic E-state index is 0.167. The zero-order chi connectivity index (χ0) is 19.2. The summed E-state index contributed by atoms with van der Waals surface area (Å²) in [6, 6.07) is 7.07. The number of hydrogen-bond donors (Lipinski definition) is 1. The molecule has 2 heterocycles. The van der Waals surface area contributed by atoms with E-state index in [0.29, 0.717) is 22.4 Å². The predicted octanol–water partition coefficient (Wildman–Crippen LogP) is 3.64. The number of carbonyl (C=O) groups excluding carboxylic acids is 1. The molecule has 1 N–H and O–H groups in total. The van der Waals surface area contributed by atoms with E-state index in [2.05, 4.69) is 34.5 Å². The van der Waals surface area contributed by atoms with Crippen molar-refractivity contribution in [2.45, 2.75) is 52.5 Å². The van der Waals surface area contributed by atoms with Gasteiger partial charge in [-0.1, -0.05) is 56.2 Å². The van der Waals surface area contributed by atoms with Crippen LogP contribution in [0, 0.1) is 0 Å². The first-order valence-corrected chi connectivity index (χ1v) is 10.1. The van der Waals surface area contributed by atoms with Crippen LogP contribution >= 0.6 is 11.3 Å². The third kappa shape index (κ3) is 4.39. The normalized spacial score (nSPS) is 11.0. The minimum atomic E-state index is -0.380. The van der Waals surface area contributed by atoms with Gasteiger partial charge in [-0.05, 0) is 18.9 Å². The van der Waals surface area contributed by atoms with Crippen molar-refractivity contribution in [2.24, 2.45) is 0 Å². The van der Waals surface area contributed by atoms with Crippen LogP contribution in [0.25, 0.3) is 10.8 Å². The summed E-state index contributed by atoms with van der Waals surface area (Å²) in [6.45, 7) is 4.67. The van der Waals surface area contributed by atoms with Crippen LogP contribution in [-0.2, 0) is 13.0 Å². The highest BCUT2D eigenvalue weighted by atomic mass is 32.1. The number of aryl methyl sites for hydroxylation is 2. The fourth-order valence-corrected chi connectivity index (χ4v) is 3.68. The van der Waals surface area contributed by atoms with Crippen molar-refractivity contribution in [3.8, 4) is 0 Å². The van der Waals surface area contributed by atoms with Crippen molar-refractivity contribution in [2.75, 3.05) is 5.32 Å². The highest BCUT2D eigenvalue weighted by Crippen LogP contribution is 2.19. The number of nitrogens with one attached hydrogen (secondary N) is 1. The van der Waals surface area contributed by atoms with Gasteiger partial charge in [0.1, 0.15) is 5.01 Å². The molecule has 1 aromatic carbocycles. The lowest BCUT2D eigenvalue weighted by atomic mass is 10.1. The number of carbonyl (C=O) groups is 1. The summed E-state index contributed by atoms with van der Waals surface area (Å²) < 4.78 is 1.40. The van der Waals surface area contributed by atoms with Gasteiger partial charge in [-0.3, -0.25) is 14.9 Å². The second-order valence-corrected chi connectivity index (χ2v) is 7.40. The standard InChI is InChI=1S/C19H23N5O2S/c1-3-5-8-12-24-18(26)14-11-7-6-10-13(14)16(23-24)17(25)20-19-22-21-15(27-19)9-4-2/h6-7,10-11H,3-5,8-9,12H2,1-2H3,(H,20,22,25). The van der Waals surface area contributed by atoms with Crippen LogP contribution in [0.5, 0.6) is 0 Å². The lowest BCUT2D eigenvalue weighted by molar-refractivity contribution is 0.102. The van der Waals surface area contributed by atoms with Crippen molar-refractivity contribution in [3.63, 3.8) is 0 Å². The monoisotopic (exact) mass is 385 g/mol. The average Bonchev–Trinajstić information content (AvgIpc) is 3.11. The number of hydrogen-bond acceptors (Lipinski definition) is 6. The molecule has 142 valence electrons. The molecule has 0 saturated carbocycles. The molecule has 0 saturated heterocycles.